The standard InChI is InChI=1S/C16H16F2N2O2S/c17-15(18)23-11-6-4-10(5-7-11)19-16(21)20-13-2-1-3-14-12(13)8-9-22-14/h4-9,13,15H,1-3H2,(H2,19,20,21). The number of anilines is 1. The Bertz CT molecular complexity index is 673. The quantitative estimate of drug-likeness (QED) is 0.788. The van der Waals surface area contributed by atoms with E-state index < -0.39 is 5.76 Å². The molecule has 1 aliphatic carbocycles. The summed E-state index contributed by atoms with van der Waals surface area (Å²) in [6.45, 7) is 0. The van der Waals surface area contributed by atoms with Gasteiger partial charge in [-0.15, -0.1) is 0 Å². The number of urea groups is 1. The van der Waals surface area contributed by atoms with Crippen LogP contribution in [0.4, 0.5) is 19.3 Å². The van der Waals surface area contributed by atoms with Gasteiger partial charge in [-0.25, -0.2) is 4.79 Å². The summed E-state index contributed by atoms with van der Waals surface area (Å²) in [5.74, 6) is -1.53. The first-order chi connectivity index (χ1) is 11.1. The van der Waals surface area contributed by atoms with Crippen molar-refractivity contribution in [2.45, 2.75) is 36.0 Å². The van der Waals surface area contributed by atoms with Gasteiger partial charge in [-0.2, -0.15) is 8.78 Å². The number of carbonyl (C=O) groups excluding carboxylic acids is 1. The molecule has 7 heteroatoms. The van der Waals surface area contributed by atoms with Gasteiger partial charge < -0.3 is 15.1 Å². The van der Waals surface area contributed by atoms with Gasteiger partial charge >= 0.3 is 6.03 Å². The van der Waals surface area contributed by atoms with E-state index in [2.05, 4.69) is 10.6 Å². The van der Waals surface area contributed by atoms with Gasteiger partial charge in [0.15, 0.2) is 0 Å². The maximum absolute atomic E-state index is 12.3. The Morgan fingerprint density at radius 1 is 1.26 bits per heavy atom. The van der Waals surface area contributed by atoms with Crippen LogP contribution in [-0.4, -0.2) is 11.8 Å². The molecule has 0 radical (unpaired) electrons. The smallest absolute Gasteiger partial charge is 0.319 e. The number of halogens is 2. The molecule has 0 spiro atoms. The van der Waals surface area contributed by atoms with E-state index in [1.807, 2.05) is 6.07 Å². The first kappa shape index (κ1) is 15.9. The zero-order valence-corrected chi connectivity index (χ0v) is 13.0. The predicted octanol–water partition coefficient (Wildman–Crippen LogP) is 4.79. The molecule has 0 fully saturated rings. The zero-order chi connectivity index (χ0) is 16.2. The third kappa shape index (κ3) is 4.04. The van der Waals surface area contributed by atoms with E-state index in [9.17, 15) is 13.6 Å². The minimum Gasteiger partial charge on any atom is -0.469 e. The molecule has 1 atom stereocenters. The van der Waals surface area contributed by atoms with Crippen molar-refractivity contribution in [2.24, 2.45) is 0 Å². The number of thioether (sulfide) groups is 1. The predicted molar refractivity (Wildman–Crippen MR) is 84.8 cm³/mol. The normalized spacial score (nSPS) is 16.9. The molecular weight excluding hydrogens is 322 g/mol. The Hall–Kier alpha value is -2.02. The number of hydrogen-bond donors (Lipinski definition) is 2. The molecule has 122 valence electrons. The minimum atomic E-state index is -2.45. The van der Waals surface area contributed by atoms with Crippen molar-refractivity contribution < 1.29 is 18.0 Å². The molecule has 2 N–H and O–H groups in total. The lowest BCUT2D eigenvalue weighted by molar-refractivity contribution is 0.246. The van der Waals surface area contributed by atoms with Gasteiger partial charge in [-0.05, 0) is 43.2 Å². The molecule has 2 aromatic rings. The molecule has 1 unspecified atom stereocenters. The summed E-state index contributed by atoms with van der Waals surface area (Å²) in [6, 6.07) is 7.82. The Balaban J connectivity index is 1.58. The fraction of sp³-hybridized carbons (Fsp3) is 0.312. The Labute approximate surface area is 136 Å². The van der Waals surface area contributed by atoms with Crippen molar-refractivity contribution in [3.8, 4) is 0 Å². The first-order valence-corrected chi connectivity index (χ1v) is 8.18. The average Bonchev–Trinajstić information content (AvgIpc) is 2.98. The van der Waals surface area contributed by atoms with Crippen LogP contribution < -0.4 is 10.6 Å². The van der Waals surface area contributed by atoms with Crippen LogP contribution in [0.2, 0.25) is 0 Å². The highest BCUT2D eigenvalue weighted by Crippen LogP contribution is 2.30. The van der Waals surface area contributed by atoms with E-state index in [0.717, 1.165) is 30.6 Å². The number of nitrogens with one attached hydrogen (secondary N) is 2. The van der Waals surface area contributed by atoms with Crippen molar-refractivity contribution in [2.75, 3.05) is 5.32 Å². The molecule has 1 aliphatic rings. The fourth-order valence-corrected chi connectivity index (χ4v) is 3.18. The average molecular weight is 338 g/mol. The molecule has 23 heavy (non-hydrogen) atoms. The van der Waals surface area contributed by atoms with Gasteiger partial charge in [-0.3, -0.25) is 0 Å². The fourth-order valence-electron chi connectivity index (χ4n) is 2.68. The van der Waals surface area contributed by atoms with Gasteiger partial charge in [0, 0.05) is 22.6 Å². The highest BCUT2D eigenvalue weighted by molar-refractivity contribution is 7.99. The monoisotopic (exact) mass is 338 g/mol. The topological polar surface area (TPSA) is 54.3 Å². The molecule has 0 bridgehead atoms. The van der Waals surface area contributed by atoms with Crippen LogP contribution in [0.5, 0.6) is 0 Å². The van der Waals surface area contributed by atoms with Crippen molar-refractivity contribution in [1.82, 2.24) is 5.32 Å². The Kier molecular flexibility index (Phi) is 4.85. The van der Waals surface area contributed by atoms with Gasteiger partial charge in [-0.1, -0.05) is 11.8 Å². The molecular formula is C16H16F2N2O2S. The maximum Gasteiger partial charge on any atom is 0.319 e. The summed E-state index contributed by atoms with van der Waals surface area (Å²) >= 11 is 0.476. The molecule has 0 aliphatic heterocycles. The van der Waals surface area contributed by atoms with Crippen LogP contribution >= 0.6 is 11.8 Å². The van der Waals surface area contributed by atoms with Gasteiger partial charge in [0.05, 0.1) is 12.3 Å². The van der Waals surface area contributed by atoms with E-state index >= 15 is 0 Å². The lowest BCUT2D eigenvalue weighted by atomic mass is 9.93. The number of alkyl halides is 2. The SMILES string of the molecule is O=C(Nc1ccc(SC(F)F)cc1)NC1CCCc2occc21. The minimum absolute atomic E-state index is 0.0637. The number of furan rings is 1. The van der Waals surface area contributed by atoms with Crippen molar-refractivity contribution in [3.63, 3.8) is 0 Å². The van der Waals surface area contributed by atoms with Crippen LogP contribution in [0, 0.1) is 0 Å². The first-order valence-electron chi connectivity index (χ1n) is 7.30. The van der Waals surface area contributed by atoms with Crippen LogP contribution in [0.3, 0.4) is 0 Å². The van der Waals surface area contributed by atoms with Crippen LogP contribution in [-0.2, 0) is 6.42 Å². The lowest BCUT2D eigenvalue weighted by Gasteiger charge is -2.22. The third-order valence-corrected chi connectivity index (χ3v) is 4.42. The van der Waals surface area contributed by atoms with E-state index in [1.165, 1.54) is 0 Å². The van der Waals surface area contributed by atoms with Crippen LogP contribution in [0.15, 0.2) is 45.9 Å². The number of rotatable bonds is 4. The summed E-state index contributed by atoms with van der Waals surface area (Å²) in [4.78, 5) is 12.6. The number of fused-ring (bicyclic) bond motifs is 1. The summed E-state index contributed by atoms with van der Waals surface area (Å²) in [6.07, 6.45) is 4.36. The summed E-state index contributed by atoms with van der Waals surface area (Å²) in [5.41, 5.74) is 1.58. The molecule has 0 saturated carbocycles. The lowest BCUT2D eigenvalue weighted by Crippen LogP contribution is -2.34. The van der Waals surface area contributed by atoms with Crippen LogP contribution in [0.1, 0.15) is 30.2 Å². The second-order valence-corrected chi connectivity index (χ2v) is 6.31. The molecule has 1 aromatic carbocycles. The van der Waals surface area contributed by atoms with Gasteiger partial charge in [0.2, 0.25) is 0 Å². The van der Waals surface area contributed by atoms with Gasteiger partial charge in [0.1, 0.15) is 5.76 Å². The van der Waals surface area contributed by atoms with E-state index in [1.54, 1.807) is 30.5 Å². The number of carbonyl (C=O) groups is 1. The number of hydrogen-bond acceptors (Lipinski definition) is 3. The Morgan fingerprint density at radius 3 is 2.78 bits per heavy atom. The molecule has 1 heterocycles. The Morgan fingerprint density at radius 2 is 2.04 bits per heavy atom. The number of aryl methyl sites for hydroxylation is 1. The highest BCUT2D eigenvalue weighted by atomic mass is 32.2. The molecule has 2 amide bonds. The van der Waals surface area contributed by atoms with E-state index in [4.69, 9.17) is 4.42 Å². The molecule has 0 saturated heterocycles. The second kappa shape index (κ2) is 7.04. The molecule has 4 nitrogen and oxygen atoms in total. The van der Waals surface area contributed by atoms with Gasteiger partial charge in [0.25, 0.3) is 5.76 Å². The molecule has 1 aromatic heterocycles. The summed E-state index contributed by atoms with van der Waals surface area (Å²) < 4.78 is 29.9. The van der Waals surface area contributed by atoms with Crippen molar-refractivity contribution in [1.29, 1.82) is 0 Å². The van der Waals surface area contributed by atoms with Crippen LogP contribution in [0.25, 0.3) is 0 Å². The van der Waals surface area contributed by atoms with Crippen molar-refractivity contribution >= 4 is 23.5 Å². The third-order valence-electron chi connectivity index (χ3n) is 3.69. The zero-order valence-electron chi connectivity index (χ0n) is 12.2. The number of benzene rings is 1. The highest BCUT2D eigenvalue weighted by Gasteiger charge is 2.23. The maximum atomic E-state index is 12.3. The molecule has 3 rings (SSSR count). The van der Waals surface area contributed by atoms with Crippen molar-refractivity contribution in [3.05, 3.63) is 47.9 Å². The number of amides is 2. The summed E-state index contributed by atoms with van der Waals surface area (Å²) in [5, 5.41) is 5.64. The van der Waals surface area contributed by atoms with E-state index in [0.29, 0.717) is 22.3 Å². The van der Waals surface area contributed by atoms with E-state index in [-0.39, 0.29) is 12.1 Å². The largest absolute Gasteiger partial charge is 0.469 e. The summed E-state index contributed by atoms with van der Waals surface area (Å²) in [7, 11) is 0. The second-order valence-electron chi connectivity index (χ2n) is 5.25.